The molecule has 146 valence electrons. The van der Waals surface area contributed by atoms with Crippen molar-refractivity contribution in [3.05, 3.63) is 72.6 Å². The van der Waals surface area contributed by atoms with Gasteiger partial charge in [-0.15, -0.1) is 5.10 Å². The number of anilines is 5. The zero-order chi connectivity index (χ0) is 20.1. The molecule has 0 fully saturated rings. The van der Waals surface area contributed by atoms with E-state index in [0.29, 0.717) is 17.6 Å². The average Bonchev–Trinajstić information content (AvgIpc) is 3.11. The Kier molecular flexibility index (Phi) is 5.33. The Morgan fingerprint density at radius 2 is 1.76 bits per heavy atom. The van der Waals surface area contributed by atoms with Crippen LogP contribution in [0.2, 0.25) is 0 Å². The van der Waals surface area contributed by atoms with Gasteiger partial charge in [0.2, 0.25) is 11.9 Å². The SMILES string of the molecule is CCCc1ccccc1Nc1nc(N)n(-c2cc(Nc3ccccc3)ncn2)n1. The summed E-state index contributed by atoms with van der Waals surface area (Å²) in [5.74, 6) is 1.82. The largest absolute Gasteiger partial charge is 0.368 e. The minimum absolute atomic E-state index is 0.241. The van der Waals surface area contributed by atoms with Crippen molar-refractivity contribution in [2.75, 3.05) is 16.4 Å². The molecule has 2 aromatic carbocycles. The molecule has 0 aliphatic rings. The summed E-state index contributed by atoms with van der Waals surface area (Å²) in [6.45, 7) is 2.15. The number of hydrogen-bond acceptors (Lipinski definition) is 7. The van der Waals surface area contributed by atoms with Gasteiger partial charge in [-0.2, -0.15) is 9.67 Å². The second-order valence-corrected chi connectivity index (χ2v) is 6.49. The standard InChI is InChI=1S/C21H22N8/c1-2-8-15-9-6-7-12-17(15)26-21-27-20(22)29(28-21)19-13-18(23-14-24-19)25-16-10-4-3-5-11-16/h3-7,9-14H,2,8H2,1H3,(H,23,24,25)(H3,22,26,27,28). The molecule has 4 rings (SSSR count). The highest BCUT2D eigenvalue weighted by atomic mass is 15.4. The molecule has 0 unspecified atom stereocenters. The Hall–Kier alpha value is -3.94. The Morgan fingerprint density at radius 3 is 2.59 bits per heavy atom. The molecule has 2 heterocycles. The number of rotatable bonds is 7. The van der Waals surface area contributed by atoms with E-state index in [1.165, 1.54) is 16.6 Å². The number of aromatic nitrogens is 5. The van der Waals surface area contributed by atoms with Crippen LogP contribution in [0, 0.1) is 0 Å². The molecule has 0 aliphatic carbocycles. The normalized spacial score (nSPS) is 10.7. The van der Waals surface area contributed by atoms with Crippen molar-refractivity contribution in [1.82, 2.24) is 24.7 Å². The van der Waals surface area contributed by atoms with E-state index in [1.54, 1.807) is 6.07 Å². The number of para-hydroxylation sites is 2. The van der Waals surface area contributed by atoms with Crippen LogP contribution in [-0.2, 0) is 6.42 Å². The minimum Gasteiger partial charge on any atom is -0.368 e. The van der Waals surface area contributed by atoms with Crippen molar-refractivity contribution in [3.63, 3.8) is 0 Å². The van der Waals surface area contributed by atoms with Crippen molar-refractivity contribution in [2.24, 2.45) is 0 Å². The van der Waals surface area contributed by atoms with Gasteiger partial charge in [-0.25, -0.2) is 9.97 Å². The Morgan fingerprint density at radius 1 is 0.966 bits per heavy atom. The van der Waals surface area contributed by atoms with Crippen LogP contribution in [0.1, 0.15) is 18.9 Å². The van der Waals surface area contributed by atoms with E-state index < -0.39 is 0 Å². The lowest BCUT2D eigenvalue weighted by atomic mass is 10.1. The van der Waals surface area contributed by atoms with Gasteiger partial charge < -0.3 is 16.4 Å². The van der Waals surface area contributed by atoms with Crippen LogP contribution in [0.3, 0.4) is 0 Å². The monoisotopic (exact) mass is 386 g/mol. The fourth-order valence-electron chi connectivity index (χ4n) is 3.00. The number of nitrogens with one attached hydrogen (secondary N) is 2. The maximum Gasteiger partial charge on any atom is 0.248 e. The van der Waals surface area contributed by atoms with E-state index in [2.05, 4.69) is 43.7 Å². The molecule has 0 radical (unpaired) electrons. The van der Waals surface area contributed by atoms with Gasteiger partial charge in [-0.3, -0.25) is 0 Å². The molecule has 0 spiro atoms. The number of nitrogens with zero attached hydrogens (tertiary/aromatic N) is 5. The quantitative estimate of drug-likeness (QED) is 0.439. The summed E-state index contributed by atoms with van der Waals surface area (Å²) in [5, 5.41) is 11.0. The van der Waals surface area contributed by atoms with Crippen LogP contribution in [0.25, 0.3) is 5.82 Å². The minimum atomic E-state index is 0.241. The predicted molar refractivity (Wildman–Crippen MR) is 115 cm³/mol. The molecule has 2 aromatic heterocycles. The van der Waals surface area contributed by atoms with Gasteiger partial charge in [0.25, 0.3) is 0 Å². The summed E-state index contributed by atoms with van der Waals surface area (Å²) < 4.78 is 1.49. The van der Waals surface area contributed by atoms with Gasteiger partial charge in [0.05, 0.1) is 0 Å². The number of nitrogens with two attached hydrogens (primary N) is 1. The van der Waals surface area contributed by atoms with Gasteiger partial charge in [-0.1, -0.05) is 49.7 Å². The summed E-state index contributed by atoms with van der Waals surface area (Å²) in [4.78, 5) is 12.9. The molecule has 0 atom stereocenters. The maximum atomic E-state index is 6.09. The molecule has 0 bridgehead atoms. The van der Waals surface area contributed by atoms with Crippen LogP contribution in [0.5, 0.6) is 0 Å². The van der Waals surface area contributed by atoms with Crippen molar-refractivity contribution >= 4 is 29.1 Å². The summed E-state index contributed by atoms with van der Waals surface area (Å²) in [7, 11) is 0. The second-order valence-electron chi connectivity index (χ2n) is 6.49. The van der Waals surface area contributed by atoms with E-state index in [0.717, 1.165) is 24.2 Å². The summed E-state index contributed by atoms with van der Waals surface area (Å²) in [6.07, 6.45) is 3.49. The molecule has 0 amide bonds. The van der Waals surface area contributed by atoms with Gasteiger partial charge >= 0.3 is 0 Å². The third-order valence-electron chi connectivity index (χ3n) is 4.33. The first-order chi connectivity index (χ1) is 14.2. The van der Waals surface area contributed by atoms with E-state index in [9.17, 15) is 0 Å². The average molecular weight is 386 g/mol. The Bertz CT molecular complexity index is 1090. The fourth-order valence-corrected chi connectivity index (χ4v) is 3.00. The molecule has 0 saturated heterocycles. The van der Waals surface area contributed by atoms with Crippen molar-refractivity contribution in [3.8, 4) is 5.82 Å². The lowest BCUT2D eigenvalue weighted by Gasteiger charge is -2.08. The van der Waals surface area contributed by atoms with E-state index in [1.807, 2.05) is 48.5 Å². The molecule has 8 heteroatoms. The lowest BCUT2D eigenvalue weighted by Crippen LogP contribution is -2.06. The summed E-state index contributed by atoms with van der Waals surface area (Å²) >= 11 is 0. The zero-order valence-corrected chi connectivity index (χ0v) is 16.1. The number of benzene rings is 2. The van der Waals surface area contributed by atoms with Crippen molar-refractivity contribution in [2.45, 2.75) is 19.8 Å². The van der Waals surface area contributed by atoms with Crippen LogP contribution in [0.4, 0.5) is 29.1 Å². The van der Waals surface area contributed by atoms with Gasteiger partial charge in [0.15, 0.2) is 5.82 Å². The number of nitrogen functional groups attached to an aromatic ring is 1. The molecule has 4 N–H and O–H groups in total. The molecule has 4 aromatic rings. The maximum absolute atomic E-state index is 6.09. The Labute approximate surface area is 168 Å². The number of hydrogen-bond donors (Lipinski definition) is 3. The van der Waals surface area contributed by atoms with Crippen molar-refractivity contribution < 1.29 is 0 Å². The second kappa shape index (κ2) is 8.39. The van der Waals surface area contributed by atoms with Crippen LogP contribution in [0.15, 0.2) is 67.0 Å². The first-order valence-electron chi connectivity index (χ1n) is 9.45. The topological polar surface area (TPSA) is 107 Å². The van der Waals surface area contributed by atoms with Gasteiger partial charge in [0, 0.05) is 17.4 Å². The Balaban J connectivity index is 1.58. The molecule has 0 saturated carbocycles. The third-order valence-corrected chi connectivity index (χ3v) is 4.33. The first-order valence-corrected chi connectivity index (χ1v) is 9.45. The fraction of sp³-hybridized carbons (Fsp3) is 0.143. The molecule has 29 heavy (non-hydrogen) atoms. The molecular formula is C21H22N8. The first kappa shape index (κ1) is 18.4. The molecule has 8 nitrogen and oxygen atoms in total. The van der Waals surface area contributed by atoms with E-state index in [-0.39, 0.29) is 5.95 Å². The van der Waals surface area contributed by atoms with Crippen molar-refractivity contribution in [1.29, 1.82) is 0 Å². The van der Waals surface area contributed by atoms with Crippen LogP contribution in [-0.4, -0.2) is 24.7 Å². The highest BCUT2D eigenvalue weighted by Crippen LogP contribution is 2.22. The zero-order valence-electron chi connectivity index (χ0n) is 16.1. The van der Waals surface area contributed by atoms with Crippen LogP contribution < -0.4 is 16.4 Å². The summed E-state index contributed by atoms with van der Waals surface area (Å²) in [6, 6.07) is 19.7. The molecule has 0 aliphatic heterocycles. The van der Waals surface area contributed by atoms with E-state index in [4.69, 9.17) is 5.73 Å². The smallest absolute Gasteiger partial charge is 0.248 e. The summed E-state index contributed by atoms with van der Waals surface area (Å²) in [5.41, 5.74) is 9.21. The lowest BCUT2D eigenvalue weighted by molar-refractivity contribution is 0.852. The number of aryl methyl sites for hydroxylation is 1. The van der Waals surface area contributed by atoms with Gasteiger partial charge in [0.1, 0.15) is 12.1 Å². The molecular weight excluding hydrogens is 364 g/mol. The van der Waals surface area contributed by atoms with Gasteiger partial charge in [-0.05, 0) is 30.2 Å². The van der Waals surface area contributed by atoms with E-state index >= 15 is 0 Å². The highest BCUT2D eigenvalue weighted by Gasteiger charge is 2.12. The third kappa shape index (κ3) is 4.32. The van der Waals surface area contributed by atoms with Crippen LogP contribution >= 0.6 is 0 Å². The predicted octanol–water partition coefficient (Wildman–Crippen LogP) is 4.08. The highest BCUT2D eigenvalue weighted by molar-refractivity contribution is 5.60.